The van der Waals surface area contributed by atoms with Gasteiger partial charge in [0.25, 0.3) is 0 Å². The molecule has 2 amide bonds. The second-order valence-electron chi connectivity index (χ2n) is 10.3. The van der Waals surface area contributed by atoms with Crippen LogP contribution in [0, 0.1) is 11.3 Å². The van der Waals surface area contributed by atoms with E-state index in [0.717, 1.165) is 47.8 Å². The number of hydrogen-bond donors (Lipinski definition) is 1. The average molecular weight is 516 g/mol. The Morgan fingerprint density at radius 1 is 1.27 bits per heavy atom. The second kappa shape index (κ2) is 10.5. The number of benzene rings is 2. The maximum absolute atomic E-state index is 13.0. The van der Waals surface area contributed by atoms with Crippen LogP contribution in [0.25, 0.3) is 21.0 Å². The molecule has 1 aromatic heterocycles. The third-order valence-electron chi connectivity index (χ3n) is 7.23. The Morgan fingerprint density at radius 3 is 2.84 bits per heavy atom. The summed E-state index contributed by atoms with van der Waals surface area (Å²) in [5.74, 6) is 0.596. The molecular formula is C29H33N5O2S. The Hall–Kier alpha value is -3.41. The molecule has 1 unspecified atom stereocenters. The third kappa shape index (κ3) is 5.20. The van der Waals surface area contributed by atoms with Gasteiger partial charge >= 0.3 is 6.03 Å². The molecule has 0 saturated carbocycles. The minimum absolute atomic E-state index is 0.00325. The van der Waals surface area contributed by atoms with Gasteiger partial charge in [0.2, 0.25) is 0 Å². The third-order valence-corrected chi connectivity index (χ3v) is 8.31. The predicted octanol–water partition coefficient (Wildman–Crippen LogP) is 5.47. The number of ether oxygens (including phenoxy) is 1. The van der Waals surface area contributed by atoms with Gasteiger partial charge in [0.15, 0.2) is 0 Å². The molecule has 37 heavy (non-hydrogen) atoms. The molecule has 1 saturated heterocycles. The highest BCUT2D eigenvalue weighted by molar-refractivity contribution is 7.18. The van der Waals surface area contributed by atoms with Gasteiger partial charge in [-0.1, -0.05) is 18.2 Å². The Bertz CT molecular complexity index is 1340. The van der Waals surface area contributed by atoms with Crippen LogP contribution in [0.2, 0.25) is 0 Å². The number of amides is 2. The van der Waals surface area contributed by atoms with Crippen LogP contribution >= 0.6 is 11.3 Å². The zero-order chi connectivity index (χ0) is 26.1. The number of carbonyl (C=O) groups excluding carboxylic acids is 1. The van der Waals surface area contributed by atoms with E-state index in [9.17, 15) is 10.1 Å². The van der Waals surface area contributed by atoms with Gasteiger partial charge in [-0.05, 0) is 82.1 Å². The topological polar surface area (TPSA) is 81.5 Å². The van der Waals surface area contributed by atoms with Crippen LogP contribution in [0.15, 0.2) is 42.6 Å². The van der Waals surface area contributed by atoms with Crippen molar-refractivity contribution in [1.82, 2.24) is 20.1 Å². The van der Waals surface area contributed by atoms with Gasteiger partial charge in [-0.25, -0.2) is 9.78 Å². The van der Waals surface area contributed by atoms with Crippen LogP contribution < -0.4 is 10.1 Å². The highest BCUT2D eigenvalue weighted by Gasteiger charge is 2.31. The van der Waals surface area contributed by atoms with E-state index in [1.165, 1.54) is 16.7 Å². The summed E-state index contributed by atoms with van der Waals surface area (Å²) in [6, 6.07) is 14.7. The molecule has 1 fully saturated rings. The number of likely N-dealkylation sites (N-methyl/N-ethyl adjacent to an activating group) is 1. The molecule has 0 bridgehead atoms. The lowest BCUT2D eigenvalue weighted by Gasteiger charge is -2.23. The normalized spacial score (nSPS) is 18.8. The lowest BCUT2D eigenvalue weighted by atomic mass is 10.0. The zero-order valence-corrected chi connectivity index (χ0v) is 22.6. The van der Waals surface area contributed by atoms with Crippen LogP contribution in [0.1, 0.15) is 49.4 Å². The van der Waals surface area contributed by atoms with Crippen molar-refractivity contribution in [3.63, 3.8) is 0 Å². The summed E-state index contributed by atoms with van der Waals surface area (Å²) >= 11 is 1.62. The van der Waals surface area contributed by atoms with Gasteiger partial charge in [0.1, 0.15) is 16.8 Å². The molecule has 1 N–H and O–H groups in total. The lowest BCUT2D eigenvalue weighted by molar-refractivity contribution is 0.199. The number of nitrogens with zero attached hydrogens (tertiary/aromatic N) is 4. The van der Waals surface area contributed by atoms with Crippen molar-refractivity contribution in [2.75, 3.05) is 27.2 Å². The summed E-state index contributed by atoms with van der Waals surface area (Å²) in [5, 5.41) is 13.8. The van der Waals surface area contributed by atoms with Crippen molar-refractivity contribution in [1.29, 1.82) is 5.26 Å². The SMILES string of the molecule is CC(C)Oc1ccc(-c2ncc(-c3cccc4c3CC[C@@H]4NC(=O)N3CCC(N(C)C)C3)s2)cc1C#N. The number of thiazole rings is 1. The number of carbonyl (C=O) groups is 1. The quantitative estimate of drug-likeness (QED) is 0.471. The van der Waals surface area contributed by atoms with Gasteiger partial charge in [0, 0.05) is 30.9 Å². The molecule has 1 aliphatic heterocycles. The molecule has 5 rings (SSSR count). The summed E-state index contributed by atoms with van der Waals surface area (Å²) in [4.78, 5) is 22.9. The van der Waals surface area contributed by atoms with E-state index in [1.54, 1.807) is 11.3 Å². The molecule has 0 radical (unpaired) electrons. The molecule has 2 heterocycles. The molecule has 192 valence electrons. The maximum Gasteiger partial charge on any atom is 0.317 e. The number of rotatable bonds is 6. The number of likely N-dealkylation sites (tertiary alicyclic amines) is 1. The molecule has 1 aliphatic carbocycles. The van der Waals surface area contributed by atoms with E-state index in [-0.39, 0.29) is 18.2 Å². The molecule has 7 nitrogen and oxygen atoms in total. The minimum Gasteiger partial charge on any atom is -0.490 e. The highest BCUT2D eigenvalue weighted by atomic mass is 32.1. The Kier molecular flexibility index (Phi) is 7.18. The van der Waals surface area contributed by atoms with E-state index in [1.807, 2.05) is 43.1 Å². The van der Waals surface area contributed by atoms with Gasteiger partial charge in [-0.3, -0.25) is 0 Å². The Labute approximate surface area is 222 Å². The molecular weight excluding hydrogens is 482 g/mol. The first-order chi connectivity index (χ1) is 17.8. The van der Waals surface area contributed by atoms with Gasteiger partial charge in [-0.15, -0.1) is 11.3 Å². The zero-order valence-electron chi connectivity index (χ0n) is 21.8. The Morgan fingerprint density at radius 2 is 2.11 bits per heavy atom. The first-order valence-corrected chi connectivity index (χ1v) is 13.7. The van der Waals surface area contributed by atoms with Crippen molar-refractivity contribution in [3.8, 4) is 32.8 Å². The summed E-state index contributed by atoms with van der Waals surface area (Å²) < 4.78 is 5.76. The van der Waals surface area contributed by atoms with Crippen LogP contribution in [0.3, 0.4) is 0 Å². The van der Waals surface area contributed by atoms with Crippen molar-refractivity contribution < 1.29 is 9.53 Å². The van der Waals surface area contributed by atoms with Gasteiger partial charge in [-0.2, -0.15) is 5.26 Å². The van der Waals surface area contributed by atoms with E-state index < -0.39 is 0 Å². The van der Waals surface area contributed by atoms with Crippen LogP contribution in [0.4, 0.5) is 4.79 Å². The molecule has 2 aliphatic rings. The summed E-state index contributed by atoms with van der Waals surface area (Å²) in [7, 11) is 4.15. The number of hydrogen-bond acceptors (Lipinski definition) is 6. The molecule has 0 spiro atoms. The standard InChI is InChI=1S/C29H33N5O2S/c1-18(2)36-26-11-8-19(14-20(26)15-30)28-31-16-27(37-28)24-7-5-6-23-22(24)9-10-25(23)32-29(35)34-13-12-21(17-34)33(3)4/h5-8,11,14,16,18,21,25H,9-10,12-13,17H2,1-4H3,(H,32,35)/t21?,25-/m0/s1. The molecule has 2 aromatic carbocycles. The van der Waals surface area contributed by atoms with Crippen molar-refractivity contribution in [2.24, 2.45) is 0 Å². The first kappa shape index (κ1) is 25.2. The van der Waals surface area contributed by atoms with E-state index in [0.29, 0.717) is 17.4 Å². The molecule has 2 atom stereocenters. The van der Waals surface area contributed by atoms with Gasteiger partial charge in [0.05, 0.1) is 22.6 Å². The van der Waals surface area contributed by atoms with Crippen molar-refractivity contribution >= 4 is 17.4 Å². The minimum atomic E-state index is 0.00325. The fraction of sp³-hybridized carbons (Fsp3) is 0.414. The lowest BCUT2D eigenvalue weighted by Crippen LogP contribution is -2.41. The fourth-order valence-corrected chi connectivity index (χ4v) is 6.23. The summed E-state index contributed by atoms with van der Waals surface area (Å²) in [5.41, 5.74) is 5.08. The van der Waals surface area contributed by atoms with E-state index >= 15 is 0 Å². The second-order valence-corrected chi connectivity index (χ2v) is 11.3. The Balaban J connectivity index is 1.34. The maximum atomic E-state index is 13.0. The molecule has 3 aromatic rings. The number of nitriles is 1. The average Bonchev–Trinajstić information content (AvgIpc) is 3.64. The predicted molar refractivity (Wildman–Crippen MR) is 147 cm³/mol. The van der Waals surface area contributed by atoms with Crippen LogP contribution in [-0.4, -0.2) is 60.1 Å². The van der Waals surface area contributed by atoms with Crippen LogP contribution in [0.5, 0.6) is 5.75 Å². The summed E-state index contributed by atoms with van der Waals surface area (Å²) in [6.07, 6.45) is 4.76. The smallest absolute Gasteiger partial charge is 0.317 e. The number of urea groups is 1. The summed E-state index contributed by atoms with van der Waals surface area (Å²) in [6.45, 7) is 5.48. The largest absolute Gasteiger partial charge is 0.490 e. The number of nitrogens with one attached hydrogen (secondary N) is 1. The van der Waals surface area contributed by atoms with Crippen LogP contribution in [-0.2, 0) is 6.42 Å². The monoisotopic (exact) mass is 515 g/mol. The number of fused-ring (bicyclic) bond motifs is 1. The first-order valence-electron chi connectivity index (χ1n) is 12.8. The molecule has 8 heteroatoms. The van der Waals surface area contributed by atoms with E-state index in [4.69, 9.17) is 4.74 Å². The highest BCUT2D eigenvalue weighted by Crippen LogP contribution is 2.41. The van der Waals surface area contributed by atoms with Gasteiger partial charge < -0.3 is 19.9 Å². The van der Waals surface area contributed by atoms with Crippen molar-refractivity contribution in [2.45, 2.75) is 51.3 Å². The number of aromatic nitrogens is 1. The van der Waals surface area contributed by atoms with Crippen molar-refractivity contribution in [3.05, 3.63) is 59.3 Å². The van der Waals surface area contributed by atoms with E-state index in [2.05, 4.69) is 53.6 Å². The fourth-order valence-electron chi connectivity index (χ4n) is 5.26.